The van der Waals surface area contributed by atoms with Crippen molar-refractivity contribution in [3.05, 3.63) is 0 Å². The summed E-state index contributed by atoms with van der Waals surface area (Å²) in [5.74, 6) is 1.37. The summed E-state index contributed by atoms with van der Waals surface area (Å²) in [5, 5.41) is 8.11. The molecule has 7 nitrogen and oxygen atoms in total. The molecule has 0 aromatic carbocycles. The molecule has 0 aromatic heterocycles. The van der Waals surface area contributed by atoms with Gasteiger partial charge in [-0.1, -0.05) is 13.8 Å². The SMILES string of the molecule is CC1CC(C)CN(CCNC(=O)C2CCN(S(N)(=O)=O)CC2)C1. The minimum Gasteiger partial charge on any atom is -0.355 e. The summed E-state index contributed by atoms with van der Waals surface area (Å²) < 4.78 is 23.8. The normalized spacial score (nSPS) is 28.7. The lowest BCUT2D eigenvalue weighted by atomic mass is 9.92. The standard InChI is InChI=1S/C15H30N4O3S/c1-12-9-13(2)11-18(10-12)8-5-17-15(20)14-3-6-19(7-4-14)23(16,21)22/h12-14H,3-11H2,1-2H3,(H,17,20)(H2,16,21,22). The molecular weight excluding hydrogens is 316 g/mol. The number of rotatable bonds is 5. The molecule has 2 aliphatic heterocycles. The second-order valence-corrected chi connectivity index (χ2v) is 8.76. The first-order valence-electron chi connectivity index (χ1n) is 8.53. The molecule has 2 unspecified atom stereocenters. The Morgan fingerprint density at radius 1 is 1.17 bits per heavy atom. The Labute approximate surface area is 139 Å². The lowest BCUT2D eigenvalue weighted by Gasteiger charge is -2.35. The second-order valence-electron chi connectivity index (χ2n) is 7.21. The van der Waals surface area contributed by atoms with Crippen molar-refractivity contribution < 1.29 is 13.2 Å². The zero-order chi connectivity index (χ0) is 17.0. The number of nitrogens with zero attached hydrogens (tertiary/aromatic N) is 2. The number of amides is 1. The quantitative estimate of drug-likeness (QED) is 0.732. The highest BCUT2D eigenvalue weighted by Gasteiger charge is 2.29. The fourth-order valence-corrected chi connectivity index (χ4v) is 4.55. The third-order valence-electron chi connectivity index (χ3n) is 4.86. The molecule has 2 rings (SSSR count). The molecule has 0 aliphatic carbocycles. The van der Waals surface area contributed by atoms with Gasteiger partial charge in [0.1, 0.15) is 0 Å². The van der Waals surface area contributed by atoms with Crippen molar-refractivity contribution in [3.8, 4) is 0 Å². The Morgan fingerprint density at radius 3 is 2.26 bits per heavy atom. The molecular formula is C15H30N4O3S. The molecule has 0 aromatic rings. The Bertz CT molecular complexity index is 493. The van der Waals surface area contributed by atoms with Gasteiger partial charge >= 0.3 is 0 Å². The third-order valence-corrected chi connectivity index (χ3v) is 5.94. The lowest BCUT2D eigenvalue weighted by molar-refractivity contribution is -0.126. The molecule has 0 bridgehead atoms. The summed E-state index contributed by atoms with van der Waals surface area (Å²) in [7, 11) is -3.62. The predicted octanol–water partition coefficient (Wildman–Crippen LogP) is -0.00400. The van der Waals surface area contributed by atoms with Gasteiger partial charge in [0.05, 0.1) is 0 Å². The molecule has 3 N–H and O–H groups in total. The van der Waals surface area contributed by atoms with Crippen molar-refractivity contribution in [2.75, 3.05) is 39.3 Å². The van der Waals surface area contributed by atoms with Crippen LogP contribution < -0.4 is 10.5 Å². The van der Waals surface area contributed by atoms with Crippen LogP contribution in [0.15, 0.2) is 0 Å². The van der Waals surface area contributed by atoms with Crippen LogP contribution in [0.4, 0.5) is 0 Å². The number of nitrogens with two attached hydrogens (primary N) is 1. The van der Waals surface area contributed by atoms with Crippen LogP contribution in [0.5, 0.6) is 0 Å². The summed E-state index contributed by atoms with van der Waals surface area (Å²) in [6.07, 6.45) is 2.37. The van der Waals surface area contributed by atoms with Gasteiger partial charge in [-0.25, -0.2) is 5.14 Å². The van der Waals surface area contributed by atoms with Gasteiger partial charge in [-0.05, 0) is 31.1 Å². The van der Waals surface area contributed by atoms with E-state index in [1.165, 1.54) is 10.7 Å². The average Bonchev–Trinajstić information content (AvgIpc) is 2.45. The Morgan fingerprint density at radius 2 is 1.74 bits per heavy atom. The second kappa shape index (κ2) is 7.92. The number of piperidine rings is 2. The number of hydrogen-bond acceptors (Lipinski definition) is 4. The van der Waals surface area contributed by atoms with Crippen LogP contribution in [0.2, 0.25) is 0 Å². The highest BCUT2D eigenvalue weighted by atomic mass is 32.2. The smallest absolute Gasteiger partial charge is 0.276 e. The topological polar surface area (TPSA) is 95.7 Å². The molecule has 2 atom stereocenters. The maximum atomic E-state index is 12.2. The first-order valence-corrected chi connectivity index (χ1v) is 10.0. The number of likely N-dealkylation sites (tertiary alicyclic amines) is 1. The highest BCUT2D eigenvalue weighted by Crippen LogP contribution is 2.21. The monoisotopic (exact) mass is 346 g/mol. The molecule has 2 aliphatic rings. The van der Waals surface area contributed by atoms with Gasteiger partial charge in [0.15, 0.2) is 0 Å². The first kappa shape index (κ1) is 18.6. The van der Waals surface area contributed by atoms with E-state index in [9.17, 15) is 13.2 Å². The van der Waals surface area contributed by atoms with Crippen molar-refractivity contribution in [1.29, 1.82) is 0 Å². The van der Waals surface area contributed by atoms with Crippen molar-refractivity contribution in [2.45, 2.75) is 33.1 Å². The summed E-state index contributed by atoms with van der Waals surface area (Å²) in [6.45, 7) is 8.97. The molecule has 2 heterocycles. The third kappa shape index (κ3) is 5.70. The van der Waals surface area contributed by atoms with Crippen molar-refractivity contribution in [1.82, 2.24) is 14.5 Å². The summed E-state index contributed by atoms with van der Waals surface area (Å²) in [6, 6.07) is 0. The average molecular weight is 346 g/mol. The molecule has 0 radical (unpaired) electrons. The molecule has 0 saturated carbocycles. The van der Waals surface area contributed by atoms with E-state index in [0.717, 1.165) is 31.5 Å². The van der Waals surface area contributed by atoms with Gasteiger partial charge in [0.2, 0.25) is 5.91 Å². The van der Waals surface area contributed by atoms with E-state index in [0.29, 0.717) is 32.5 Å². The first-order chi connectivity index (χ1) is 10.8. The molecule has 1 amide bonds. The van der Waals surface area contributed by atoms with Gasteiger partial charge in [0.25, 0.3) is 10.2 Å². The summed E-state index contributed by atoms with van der Waals surface area (Å²) in [4.78, 5) is 14.6. The zero-order valence-corrected chi connectivity index (χ0v) is 15.0. The van der Waals surface area contributed by atoms with Gasteiger partial charge in [-0.15, -0.1) is 0 Å². The van der Waals surface area contributed by atoms with E-state index < -0.39 is 10.2 Å². The predicted molar refractivity (Wildman–Crippen MR) is 89.8 cm³/mol. The van der Waals surface area contributed by atoms with Crippen LogP contribution in [0.3, 0.4) is 0 Å². The number of nitrogens with one attached hydrogen (secondary N) is 1. The van der Waals surface area contributed by atoms with E-state index in [1.54, 1.807) is 0 Å². The highest BCUT2D eigenvalue weighted by molar-refractivity contribution is 7.86. The van der Waals surface area contributed by atoms with E-state index in [1.807, 2.05) is 0 Å². The summed E-state index contributed by atoms with van der Waals surface area (Å²) >= 11 is 0. The maximum Gasteiger partial charge on any atom is 0.276 e. The lowest BCUT2D eigenvalue weighted by Crippen LogP contribution is -2.47. The van der Waals surface area contributed by atoms with E-state index in [-0.39, 0.29) is 11.8 Å². The van der Waals surface area contributed by atoms with E-state index >= 15 is 0 Å². The van der Waals surface area contributed by atoms with Gasteiger partial charge < -0.3 is 10.2 Å². The molecule has 2 saturated heterocycles. The van der Waals surface area contributed by atoms with Crippen molar-refractivity contribution in [3.63, 3.8) is 0 Å². The number of hydrogen-bond donors (Lipinski definition) is 2. The van der Waals surface area contributed by atoms with Crippen LogP contribution in [-0.2, 0) is 15.0 Å². The fraction of sp³-hybridized carbons (Fsp3) is 0.933. The Balaban J connectivity index is 1.68. The fourth-order valence-electron chi connectivity index (χ4n) is 3.83. The Hall–Kier alpha value is -0.700. The van der Waals surface area contributed by atoms with Crippen LogP contribution in [-0.4, -0.2) is 62.8 Å². The summed E-state index contributed by atoms with van der Waals surface area (Å²) in [5.41, 5.74) is 0. The molecule has 2 fully saturated rings. The van der Waals surface area contributed by atoms with Gasteiger partial charge in [-0.2, -0.15) is 12.7 Å². The van der Waals surface area contributed by atoms with Crippen LogP contribution in [0.25, 0.3) is 0 Å². The van der Waals surface area contributed by atoms with Crippen LogP contribution >= 0.6 is 0 Å². The molecule has 23 heavy (non-hydrogen) atoms. The minimum atomic E-state index is -3.62. The largest absolute Gasteiger partial charge is 0.355 e. The molecule has 0 spiro atoms. The molecule has 8 heteroatoms. The number of carbonyl (C=O) groups excluding carboxylic acids is 1. The molecule has 134 valence electrons. The van der Waals surface area contributed by atoms with Crippen molar-refractivity contribution in [2.24, 2.45) is 22.9 Å². The minimum absolute atomic E-state index is 0.0391. The van der Waals surface area contributed by atoms with Gasteiger partial charge in [0, 0.05) is 45.2 Å². The van der Waals surface area contributed by atoms with E-state index in [4.69, 9.17) is 5.14 Å². The van der Waals surface area contributed by atoms with E-state index in [2.05, 4.69) is 24.1 Å². The van der Waals surface area contributed by atoms with Gasteiger partial charge in [-0.3, -0.25) is 4.79 Å². The Kier molecular flexibility index (Phi) is 6.41. The van der Waals surface area contributed by atoms with Crippen molar-refractivity contribution >= 4 is 16.1 Å². The maximum absolute atomic E-state index is 12.2. The zero-order valence-electron chi connectivity index (χ0n) is 14.2. The van der Waals surface area contributed by atoms with Crippen LogP contribution in [0.1, 0.15) is 33.1 Å². The number of carbonyl (C=O) groups is 1. The van der Waals surface area contributed by atoms with Crippen LogP contribution in [0, 0.1) is 17.8 Å².